The van der Waals surface area contributed by atoms with Gasteiger partial charge in [-0.05, 0) is 62.0 Å². The Bertz CT molecular complexity index is 1130. The molecule has 2 aromatic heterocycles. The molecule has 182 valence electrons. The molecule has 11 heteroatoms. The maximum absolute atomic E-state index is 13.1. The first-order chi connectivity index (χ1) is 16.2. The summed E-state index contributed by atoms with van der Waals surface area (Å²) >= 11 is 1.44. The molecule has 0 radical (unpaired) electrons. The third kappa shape index (κ3) is 6.22. The number of nitrogens with one attached hydrogen (secondary N) is 1. The van der Waals surface area contributed by atoms with Crippen molar-refractivity contribution in [1.82, 2.24) is 19.6 Å². The molecule has 1 aliphatic rings. The minimum atomic E-state index is -4.44. The van der Waals surface area contributed by atoms with Gasteiger partial charge in [-0.15, -0.1) is 11.3 Å². The number of thiophene rings is 1. The molecule has 1 saturated heterocycles. The largest absolute Gasteiger partial charge is 0.433 e. The second-order valence-electron chi connectivity index (χ2n) is 8.26. The molecule has 1 fully saturated rings. The number of nitrogens with zero attached hydrogens (tertiary/aromatic N) is 4. The van der Waals surface area contributed by atoms with Crippen LogP contribution in [-0.2, 0) is 24.6 Å². The van der Waals surface area contributed by atoms with Crippen LogP contribution in [0.15, 0.2) is 42.5 Å². The van der Waals surface area contributed by atoms with Gasteiger partial charge in [-0.3, -0.25) is 19.3 Å². The van der Waals surface area contributed by atoms with Crippen LogP contribution in [0.2, 0.25) is 0 Å². The monoisotopic (exact) mass is 495 g/mol. The summed E-state index contributed by atoms with van der Waals surface area (Å²) in [7, 11) is 1.30. The number of carbonyl (C=O) groups is 1. The van der Waals surface area contributed by atoms with Crippen molar-refractivity contribution >= 4 is 22.9 Å². The number of benzene rings is 1. The van der Waals surface area contributed by atoms with Gasteiger partial charge in [-0.25, -0.2) is 4.39 Å². The lowest BCUT2D eigenvalue weighted by atomic mass is 10.3. The van der Waals surface area contributed by atoms with Crippen molar-refractivity contribution in [2.45, 2.75) is 19.1 Å². The molecule has 3 aromatic rings. The summed E-state index contributed by atoms with van der Waals surface area (Å²) in [6.07, 6.45) is -3.54. The van der Waals surface area contributed by atoms with Gasteiger partial charge in [-0.1, -0.05) is 0 Å². The second kappa shape index (κ2) is 10.2. The molecule has 0 spiro atoms. The summed E-state index contributed by atoms with van der Waals surface area (Å²) in [4.78, 5) is 18.5. The molecule has 1 amide bonds. The standard InChI is InChI=1S/C23H25F4N5OS/c1-30-21(23(25,26)27)13-19(29-30)20-8-7-18(34-20)14-31-9-2-10-32(12-11-31)15-22(33)28-17-5-3-16(24)4-6-17/h3-8,13H,2,9-12,14-15H2,1H3,(H,28,33). The second-order valence-corrected chi connectivity index (χ2v) is 9.43. The van der Waals surface area contributed by atoms with Crippen molar-refractivity contribution in [3.05, 3.63) is 58.9 Å². The van der Waals surface area contributed by atoms with Crippen molar-refractivity contribution in [3.63, 3.8) is 0 Å². The van der Waals surface area contributed by atoms with Crippen LogP contribution in [0, 0.1) is 5.82 Å². The van der Waals surface area contributed by atoms with Crippen LogP contribution in [0.25, 0.3) is 10.6 Å². The van der Waals surface area contributed by atoms with Gasteiger partial charge in [0, 0.05) is 37.2 Å². The fourth-order valence-electron chi connectivity index (χ4n) is 3.95. The minimum Gasteiger partial charge on any atom is -0.325 e. The quantitative estimate of drug-likeness (QED) is 0.514. The lowest BCUT2D eigenvalue weighted by Crippen LogP contribution is -2.36. The Balaban J connectivity index is 1.29. The molecule has 0 aliphatic carbocycles. The zero-order valence-corrected chi connectivity index (χ0v) is 19.4. The fourth-order valence-corrected chi connectivity index (χ4v) is 4.96. The van der Waals surface area contributed by atoms with E-state index in [4.69, 9.17) is 0 Å². The topological polar surface area (TPSA) is 53.4 Å². The van der Waals surface area contributed by atoms with Crippen LogP contribution < -0.4 is 5.32 Å². The van der Waals surface area contributed by atoms with Crippen molar-refractivity contribution < 1.29 is 22.4 Å². The SMILES string of the molecule is Cn1nc(-c2ccc(CN3CCCN(CC(=O)Nc4ccc(F)cc4)CC3)s2)cc1C(F)(F)F. The molecule has 1 aliphatic heterocycles. The Morgan fingerprint density at radius 2 is 1.76 bits per heavy atom. The molecular formula is C23H25F4N5OS. The van der Waals surface area contributed by atoms with E-state index in [1.165, 1.54) is 42.6 Å². The van der Waals surface area contributed by atoms with Gasteiger partial charge in [0.15, 0.2) is 0 Å². The molecule has 1 N–H and O–H groups in total. The highest BCUT2D eigenvalue weighted by Crippen LogP contribution is 2.34. The zero-order chi connectivity index (χ0) is 24.3. The summed E-state index contributed by atoms with van der Waals surface area (Å²) < 4.78 is 53.1. The summed E-state index contributed by atoms with van der Waals surface area (Å²) in [5, 5.41) is 6.81. The normalized spacial score (nSPS) is 15.9. The highest BCUT2D eigenvalue weighted by molar-refractivity contribution is 7.15. The number of anilines is 1. The number of halogens is 4. The van der Waals surface area contributed by atoms with Crippen molar-refractivity contribution in [2.75, 3.05) is 38.0 Å². The van der Waals surface area contributed by atoms with E-state index < -0.39 is 11.9 Å². The molecule has 34 heavy (non-hydrogen) atoms. The number of alkyl halides is 3. The van der Waals surface area contributed by atoms with Crippen LogP contribution in [0.5, 0.6) is 0 Å². The smallest absolute Gasteiger partial charge is 0.325 e. The van der Waals surface area contributed by atoms with E-state index in [2.05, 4.69) is 20.2 Å². The van der Waals surface area contributed by atoms with Crippen molar-refractivity contribution in [1.29, 1.82) is 0 Å². The Labute approximate surface area is 198 Å². The summed E-state index contributed by atoms with van der Waals surface area (Å²) in [6, 6.07) is 10.5. The summed E-state index contributed by atoms with van der Waals surface area (Å²) in [5.74, 6) is -0.494. The van der Waals surface area contributed by atoms with Crippen LogP contribution in [0.1, 0.15) is 17.0 Å². The van der Waals surface area contributed by atoms with Crippen molar-refractivity contribution in [3.8, 4) is 10.6 Å². The number of carbonyl (C=O) groups excluding carboxylic acids is 1. The molecule has 0 saturated carbocycles. The number of rotatable bonds is 6. The molecule has 6 nitrogen and oxygen atoms in total. The highest BCUT2D eigenvalue weighted by atomic mass is 32.1. The fraction of sp³-hybridized carbons (Fsp3) is 0.391. The number of hydrogen-bond acceptors (Lipinski definition) is 5. The average molecular weight is 496 g/mol. The van der Waals surface area contributed by atoms with E-state index in [1.54, 1.807) is 0 Å². The highest BCUT2D eigenvalue weighted by Gasteiger charge is 2.35. The number of amides is 1. The van der Waals surface area contributed by atoms with Gasteiger partial charge >= 0.3 is 6.18 Å². The van der Waals surface area contributed by atoms with Gasteiger partial charge < -0.3 is 5.32 Å². The number of aryl methyl sites for hydroxylation is 1. The van der Waals surface area contributed by atoms with Crippen LogP contribution >= 0.6 is 11.3 Å². The van der Waals surface area contributed by atoms with Gasteiger partial charge in [0.1, 0.15) is 17.2 Å². The van der Waals surface area contributed by atoms with Gasteiger partial charge in [0.25, 0.3) is 0 Å². The van der Waals surface area contributed by atoms with E-state index in [9.17, 15) is 22.4 Å². The Hall–Kier alpha value is -2.76. The average Bonchev–Trinajstić information content (AvgIpc) is 3.33. The van der Waals surface area contributed by atoms with Gasteiger partial charge in [-0.2, -0.15) is 18.3 Å². The van der Waals surface area contributed by atoms with E-state index in [1.807, 2.05) is 12.1 Å². The minimum absolute atomic E-state index is 0.142. The molecule has 1 aromatic carbocycles. The molecule has 0 unspecified atom stereocenters. The zero-order valence-electron chi connectivity index (χ0n) is 18.6. The third-order valence-corrected chi connectivity index (χ3v) is 6.73. The first-order valence-electron chi connectivity index (χ1n) is 10.9. The summed E-state index contributed by atoms with van der Waals surface area (Å²) in [6.45, 7) is 4.11. The maximum atomic E-state index is 13.1. The molecular weight excluding hydrogens is 470 g/mol. The van der Waals surface area contributed by atoms with E-state index >= 15 is 0 Å². The van der Waals surface area contributed by atoms with Crippen LogP contribution in [0.3, 0.4) is 0 Å². The van der Waals surface area contributed by atoms with E-state index in [-0.39, 0.29) is 18.3 Å². The first kappa shape index (κ1) is 24.4. The van der Waals surface area contributed by atoms with Gasteiger partial charge in [0.2, 0.25) is 5.91 Å². The third-order valence-electron chi connectivity index (χ3n) is 5.64. The van der Waals surface area contributed by atoms with E-state index in [0.29, 0.717) is 22.8 Å². The molecule has 3 heterocycles. The molecule has 0 atom stereocenters. The Morgan fingerprint density at radius 1 is 1.06 bits per heavy atom. The van der Waals surface area contributed by atoms with Crippen LogP contribution in [0.4, 0.5) is 23.2 Å². The first-order valence-corrected chi connectivity index (χ1v) is 11.7. The summed E-state index contributed by atoms with van der Waals surface area (Å²) in [5.41, 5.74) is 0.111. The van der Waals surface area contributed by atoms with Gasteiger partial charge in [0.05, 0.1) is 11.4 Å². The molecule has 4 rings (SSSR count). The maximum Gasteiger partial charge on any atom is 0.433 e. The molecule has 0 bridgehead atoms. The van der Waals surface area contributed by atoms with Crippen molar-refractivity contribution in [2.24, 2.45) is 7.05 Å². The Kier molecular flexibility index (Phi) is 7.34. The van der Waals surface area contributed by atoms with Crippen LogP contribution in [-0.4, -0.2) is 58.2 Å². The lowest BCUT2D eigenvalue weighted by molar-refractivity contribution is -0.143. The predicted molar refractivity (Wildman–Crippen MR) is 123 cm³/mol. The lowest BCUT2D eigenvalue weighted by Gasteiger charge is -2.21. The number of aromatic nitrogens is 2. The Morgan fingerprint density at radius 3 is 2.47 bits per heavy atom. The van der Waals surface area contributed by atoms with E-state index in [0.717, 1.165) is 48.2 Å². The number of hydrogen-bond donors (Lipinski definition) is 1. The predicted octanol–water partition coefficient (Wildman–Crippen LogP) is 4.45.